The molecule has 2 aromatic carbocycles. The molecular weight excluding hydrogens is 386 g/mol. The molecule has 2 aromatic rings. The number of hydrazine groups is 1. The lowest BCUT2D eigenvalue weighted by Gasteiger charge is -2.33. The van der Waals surface area contributed by atoms with Crippen molar-refractivity contribution in [2.45, 2.75) is 19.3 Å². The second kappa shape index (κ2) is 10.3. The summed E-state index contributed by atoms with van der Waals surface area (Å²) in [7, 11) is 4.05. The number of likely N-dealkylation sites (N-methyl/N-ethyl adjacent to an activating group) is 2. The van der Waals surface area contributed by atoms with Crippen LogP contribution in [0.15, 0.2) is 48.5 Å². The highest BCUT2D eigenvalue weighted by Crippen LogP contribution is 2.35. The van der Waals surface area contributed by atoms with Crippen molar-refractivity contribution in [2.75, 3.05) is 64.8 Å². The summed E-state index contributed by atoms with van der Waals surface area (Å²) in [6.45, 7) is 6.02. The van der Waals surface area contributed by atoms with Gasteiger partial charge in [-0.2, -0.15) is 0 Å². The van der Waals surface area contributed by atoms with Crippen LogP contribution in [0.1, 0.15) is 17.5 Å². The number of fused-ring (bicyclic) bond motifs is 2. The lowest BCUT2D eigenvalue weighted by Crippen LogP contribution is -2.53. The van der Waals surface area contributed by atoms with Crippen molar-refractivity contribution in [3.05, 3.63) is 59.7 Å². The maximum atomic E-state index is 12.6. The molecule has 0 saturated carbocycles. The molecule has 6 nitrogen and oxygen atoms in total. The third-order valence-electron chi connectivity index (χ3n) is 6.49. The molecule has 2 heterocycles. The Balaban J connectivity index is 1.32. The fourth-order valence-electron chi connectivity index (χ4n) is 4.48. The summed E-state index contributed by atoms with van der Waals surface area (Å²) in [6.07, 6.45) is 3.07. The first kappa shape index (κ1) is 21.8. The Labute approximate surface area is 186 Å². The molecule has 2 aliphatic heterocycles. The summed E-state index contributed by atoms with van der Waals surface area (Å²) in [5, 5.41) is 2.16. The van der Waals surface area contributed by atoms with E-state index in [4.69, 9.17) is 0 Å². The van der Waals surface area contributed by atoms with Gasteiger partial charge in [0.15, 0.2) is 0 Å². The number of aryl methyl sites for hydroxylation is 2. The van der Waals surface area contributed by atoms with Gasteiger partial charge >= 0.3 is 0 Å². The Bertz CT molecular complexity index is 830. The number of nitrogens with zero attached hydrogens (tertiary/aromatic N) is 4. The van der Waals surface area contributed by atoms with E-state index in [0.717, 1.165) is 58.5 Å². The fourth-order valence-corrected chi connectivity index (χ4v) is 4.48. The van der Waals surface area contributed by atoms with Crippen LogP contribution in [0.25, 0.3) is 0 Å². The van der Waals surface area contributed by atoms with E-state index in [2.05, 4.69) is 75.8 Å². The van der Waals surface area contributed by atoms with E-state index in [1.807, 2.05) is 11.9 Å². The molecule has 0 aliphatic carbocycles. The van der Waals surface area contributed by atoms with E-state index < -0.39 is 0 Å². The topological polar surface area (TPSA) is 42.1 Å². The van der Waals surface area contributed by atoms with Gasteiger partial charge in [-0.1, -0.05) is 36.4 Å². The molecule has 31 heavy (non-hydrogen) atoms. The summed E-state index contributed by atoms with van der Waals surface area (Å²) in [6, 6.07) is 17.5. The van der Waals surface area contributed by atoms with E-state index in [1.54, 1.807) is 0 Å². The average molecular weight is 422 g/mol. The number of benzene rings is 2. The van der Waals surface area contributed by atoms with Gasteiger partial charge in [0.1, 0.15) is 0 Å². The van der Waals surface area contributed by atoms with Crippen molar-refractivity contribution in [2.24, 2.45) is 0 Å². The van der Waals surface area contributed by atoms with Gasteiger partial charge in [-0.05, 0) is 49.6 Å². The zero-order chi connectivity index (χ0) is 21.6. The molecule has 1 N–H and O–H groups in total. The molecule has 0 unspecified atom stereocenters. The van der Waals surface area contributed by atoms with Crippen LogP contribution in [0.4, 0.5) is 11.4 Å². The minimum atomic E-state index is 0.149. The van der Waals surface area contributed by atoms with E-state index in [-0.39, 0.29) is 5.91 Å². The summed E-state index contributed by atoms with van der Waals surface area (Å²) >= 11 is 0. The third kappa shape index (κ3) is 5.45. The number of carbonyl (C=O) groups is 1. The van der Waals surface area contributed by atoms with Gasteiger partial charge in [0.25, 0.3) is 0 Å². The van der Waals surface area contributed by atoms with E-state index in [1.165, 1.54) is 22.5 Å². The highest BCUT2D eigenvalue weighted by molar-refractivity contribution is 5.78. The van der Waals surface area contributed by atoms with Crippen molar-refractivity contribution < 1.29 is 4.79 Å². The number of hydrogen-bond acceptors (Lipinski definition) is 5. The molecule has 0 aromatic heterocycles. The minimum Gasteiger partial charge on any atom is -0.345 e. The number of amides is 1. The maximum Gasteiger partial charge on any atom is 0.237 e. The Hall–Kier alpha value is -2.41. The fraction of sp³-hybridized carbons (Fsp3) is 0.480. The molecule has 0 atom stereocenters. The van der Waals surface area contributed by atoms with Crippen LogP contribution in [-0.2, 0) is 17.6 Å². The van der Waals surface area contributed by atoms with Crippen LogP contribution < -0.4 is 10.3 Å². The van der Waals surface area contributed by atoms with Crippen molar-refractivity contribution in [3.63, 3.8) is 0 Å². The summed E-state index contributed by atoms with van der Waals surface area (Å²) in [5.74, 6) is 0.149. The Kier molecular flexibility index (Phi) is 7.22. The Morgan fingerprint density at radius 1 is 0.935 bits per heavy atom. The predicted octanol–water partition coefficient (Wildman–Crippen LogP) is 2.52. The van der Waals surface area contributed by atoms with Gasteiger partial charge in [0.2, 0.25) is 5.91 Å². The first-order chi connectivity index (χ1) is 15.1. The quantitative estimate of drug-likeness (QED) is 0.744. The number of carbonyl (C=O) groups excluding carboxylic acids is 1. The molecular formula is C25H35N5O. The number of piperazine rings is 1. The molecule has 4 rings (SSSR count). The summed E-state index contributed by atoms with van der Waals surface area (Å²) in [5.41, 5.74) is 8.71. The van der Waals surface area contributed by atoms with Gasteiger partial charge in [0.05, 0.1) is 6.54 Å². The van der Waals surface area contributed by atoms with Gasteiger partial charge < -0.3 is 14.7 Å². The lowest BCUT2D eigenvalue weighted by molar-refractivity contribution is -0.130. The summed E-state index contributed by atoms with van der Waals surface area (Å²) in [4.78, 5) is 19.2. The predicted molar refractivity (Wildman–Crippen MR) is 127 cm³/mol. The second-order valence-electron chi connectivity index (χ2n) is 8.70. The van der Waals surface area contributed by atoms with Crippen LogP contribution in [0.5, 0.6) is 0 Å². The monoisotopic (exact) mass is 421 g/mol. The summed E-state index contributed by atoms with van der Waals surface area (Å²) < 4.78 is 0. The smallest absolute Gasteiger partial charge is 0.237 e. The molecule has 6 heteroatoms. The maximum absolute atomic E-state index is 12.6. The highest BCUT2D eigenvalue weighted by Gasteiger charge is 2.20. The molecule has 2 aliphatic rings. The molecule has 0 bridgehead atoms. The zero-order valence-electron chi connectivity index (χ0n) is 18.9. The highest BCUT2D eigenvalue weighted by atomic mass is 16.2. The number of para-hydroxylation sites is 2. The van der Waals surface area contributed by atoms with Crippen LogP contribution in [0.2, 0.25) is 0 Å². The normalized spacial score (nSPS) is 17.0. The van der Waals surface area contributed by atoms with Crippen molar-refractivity contribution in [1.82, 2.24) is 20.2 Å². The second-order valence-corrected chi connectivity index (χ2v) is 8.70. The zero-order valence-corrected chi connectivity index (χ0v) is 18.9. The van der Waals surface area contributed by atoms with Gasteiger partial charge in [-0.25, -0.2) is 10.4 Å². The first-order valence-corrected chi connectivity index (χ1v) is 11.5. The third-order valence-corrected chi connectivity index (χ3v) is 6.49. The van der Waals surface area contributed by atoms with Crippen molar-refractivity contribution >= 4 is 17.3 Å². The molecule has 1 saturated heterocycles. The van der Waals surface area contributed by atoms with E-state index in [0.29, 0.717) is 6.54 Å². The molecule has 1 fully saturated rings. The SMILES string of the molecule is CN1CCN(NCC(=O)N(C)CCCN2c3ccccc3CCc3ccccc32)CC1. The average Bonchev–Trinajstić information content (AvgIpc) is 2.96. The van der Waals surface area contributed by atoms with E-state index >= 15 is 0 Å². The molecule has 1 amide bonds. The van der Waals surface area contributed by atoms with Gasteiger partial charge in [-0.3, -0.25) is 4.79 Å². The van der Waals surface area contributed by atoms with Crippen LogP contribution in [0, 0.1) is 0 Å². The number of hydrogen-bond donors (Lipinski definition) is 1. The van der Waals surface area contributed by atoms with Gasteiger partial charge in [0, 0.05) is 57.7 Å². The number of nitrogens with one attached hydrogen (secondary N) is 1. The Morgan fingerprint density at radius 3 is 2.13 bits per heavy atom. The van der Waals surface area contributed by atoms with Crippen LogP contribution >= 0.6 is 0 Å². The van der Waals surface area contributed by atoms with Crippen molar-refractivity contribution in [1.29, 1.82) is 0 Å². The largest absolute Gasteiger partial charge is 0.345 e. The standard InChI is InChI=1S/C25H35N5O/c1-27-16-18-29(19-17-27)26-20-25(31)28(2)14-7-15-30-23-10-5-3-8-21(23)12-13-22-9-4-6-11-24(22)30/h3-6,8-11,26H,7,12-20H2,1-2H3. The number of rotatable bonds is 7. The van der Waals surface area contributed by atoms with Crippen LogP contribution in [-0.4, -0.2) is 80.6 Å². The first-order valence-electron chi connectivity index (χ1n) is 11.5. The minimum absolute atomic E-state index is 0.149. The van der Waals surface area contributed by atoms with Gasteiger partial charge in [-0.15, -0.1) is 0 Å². The molecule has 166 valence electrons. The van der Waals surface area contributed by atoms with E-state index in [9.17, 15) is 4.79 Å². The molecule has 0 spiro atoms. The van der Waals surface area contributed by atoms with Crippen molar-refractivity contribution in [3.8, 4) is 0 Å². The number of anilines is 2. The Morgan fingerprint density at radius 2 is 1.52 bits per heavy atom. The van der Waals surface area contributed by atoms with Crippen LogP contribution in [0.3, 0.4) is 0 Å². The molecule has 0 radical (unpaired) electrons. The lowest BCUT2D eigenvalue weighted by atomic mass is 10.0.